The van der Waals surface area contributed by atoms with Crippen molar-refractivity contribution >= 4 is 21.4 Å². The molecule has 0 amide bonds. The molecule has 0 spiro atoms. The molecule has 0 radical (unpaired) electrons. The van der Waals surface area contributed by atoms with Crippen molar-refractivity contribution in [3.63, 3.8) is 0 Å². The molecule has 1 aliphatic carbocycles. The fourth-order valence-electron chi connectivity index (χ4n) is 1.80. The highest BCUT2D eigenvalue weighted by Gasteiger charge is 2.25. The molecular weight excluding hydrogens is 268 g/mol. The Bertz CT molecular complexity index is 478. The minimum absolute atomic E-state index is 0.150. The lowest BCUT2D eigenvalue weighted by atomic mass is 9.94. The lowest BCUT2D eigenvalue weighted by molar-refractivity contribution is 0.383. The highest BCUT2D eigenvalue weighted by atomic mass is 32.2. The van der Waals surface area contributed by atoms with Crippen molar-refractivity contribution in [1.29, 1.82) is 0 Å². The van der Waals surface area contributed by atoms with Crippen LogP contribution in [0.25, 0.3) is 0 Å². The second-order valence-electron chi connectivity index (χ2n) is 4.67. The van der Waals surface area contributed by atoms with Gasteiger partial charge >= 0.3 is 0 Å². The monoisotopic (exact) mass is 288 g/mol. The van der Waals surface area contributed by atoms with Gasteiger partial charge in [0.1, 0.15) is 0 Å². The molecular formula is C12H20N2O2S2. The number of thiophene rings is 1. The summed E-state index contributed by atoms with van der Waals surface area (Å²) in [5.41, 5.74) is 0. The summed E-state index contributed by atoms with van der Waals surface area (Å²) in [4.78, 5) is 1.48. The third-order valence-corrected chi connectivity index (χ3v) is 5.68. The number of rotatable bonds is 7. The van der Waals surface area contributed by atoms with Crippen molar-refractivity contribution < 1.29 is 8.42 Å². The molecule has 2 rings (SSSR count). The maximum atomic E-state index is 12.1. The Hall–Kier alpha value is -0.430. The van der Waals surface area contributed by atoms with E-state index in [1.54, 1.807) is 11.4 Å². The van der Waals surface area contributed by atoms with Crippen LogP contribution >= 0.6 is 11.3 Å². The van der Waals surface area contributed by atoms with Crippen molar-refractivity contribution in [1.82, 2.24) is 10.0 Å². The van der Waals surface area contributed by atoms with Crippen molar-refractivity contribution in [2.45, 2.75) is 50.1 Å². The zero-order valence-corrected chi connectivity index (χ0v) is 12.2. The maximum Gasteiger partial charge on any atom is 0.241 e. The second-order valence-corrected chi connectivity index (χ2v) is 7.38. The van der Waals surface area contributed by atoms with Crippen LogP contribution in [0.4, 0.5) is 0 Å². The predicted octanol–water partition coefficient (Wildman–Crippen LogP) is 2.08. The lowest BCUT2D eigenvalue weighted by Gasteiger charge is -2.25. The summed E-state index contributed by atoms with van der Waals surface area (Å²) in [5, 5.41) is 5.00. The molecule has 1 aromatic rings. The number of hydrogen-bond donors (Lipinski definition) is 2. The van der Waals surface area contributed by atoms with E-state index in [0.717, 1.165) is 43.6 Å². The highest BCUT2D eigenvalue weighted by molar-refractivity contribution is 7.89. The molecule has 0 saturated heterocycles. The standard InChI is InChI=1S/C12H20N2O2S2/c1-2-6-13-8-11-7-12(9-17-11)18(15,16)14-10-4-3-5-10/h7,9-10,13-14H,2-6,8H2,1H3. The summed E-state index contributed by atoms with van der Waals surface area (Å²) in [5.74, 6) is 0. The van der Waals surface area contributed by atoms with E-state index in [4.69, 9.17) is 0 Å². The van der Waals surface area contributed by atoms with Gasteiger partial charge in [0.25, 0.3) is 0 Å². The van der Waals surface area contributed by atoms with E-state index in [2.05, 4.69) is 17.0 Å². The summed E-state index contributed by atoms with van der Waals surface area (Å²) in [6.45, 7) is 3.82. The zero-order valence-electron chi connectivity index (χ0n) is 10.6. The SMILES string of the molecule is CCCNCc1cc(S(=O)(=O)NC2CCC2)cs1. The molecule has 1 aliphatic rings. The summed E-state index contributed by atoms with van der Waals surface area (Å²) < 4.78 is 26.9. The van der Waals surface area contributed by atoms with Crippen LogP contribution in [-0.2, 0) is 16.6 Å². The molecule has 0 aliphatic heterocycles. The summed E-state index contributed by atoms with van der Waals surface area (Å²) >= 11 is 1.50. The van der Waals surface area contributed by atoms with E-state index in [1.165, 1.54) is 11.3 Å². The van der Waals surface area contributed by atoms with Crippen molar-refractivity contribution in [3.05, 3.63) is 16.3 Å². The molecule has 1 saturated carbocycles. The van der Waals surface area contributed by atoms with Crippen LogP contribution in [0.2, 0.25) is 0 Å². The van der Waals surface area contributed by atoms with Crippen LogP contribution < -0.4 is 10.0 Å². The Morgan fingerprint density at radius 2 is 2.22 bits per heavy atom. The molecule has 0 bridgehead atoms. The van der Waals surface area contributed by atoms with Crippen LogP contribution in [-0.4, -0.2) is 21.0 Å². The maximum absolute atomic E-state index is 12.1. The normalized spacial score (nSPS) is 16.7. The van der Waals surface area contributed by atoms with Gasteiger partial charge < -0.3 is 5.32 Å². The van der Waals surface area contributed by atoms with Crippen LogP contribution in [0.15, 0.2) is 16.3 Å². The molecule has 0 unspecified atom stereocenters. The van der Waals surface area contributed by atoms with E-state index < -0.39 is 10.0 Å². The fraction of sp³-hybridized carbons (Fsp3) is 0.667. The quantitative estimate of drug-likeness (QED) is 0.755. The Kier molecular flexibility index (Phi) is 4.77. The summed E-state index contributed by atoms with van der Waals surface area (Å²) in [6, 6.07) is 1.92. The van der Waals surface area contributed by atoms with Gasteiger partial charge in [-0.15, -0.1) is 11.3 Å². The minimum Gasteiger partial charge on any atom is -0.312 e. The lowest BCUT2D eigenvalue weighted by Crippen LogP contribution is -2.39. The molecule has 1 fully saturated rings. The van der Waals surface area contributed by atoms with Crippen LogP contribution in [0, 0.1) is 0 Å². The number of sulfonamides is 1. The van der Waals surface area contributed by atoms with E-state index >= 15 is 0 Å². The fourth-order valence-corrected chi connectivity index (χ4v) is 4.35. The second kappa shape index (κ2) is 6.14. The van der Waals surface area contributed by atoms with Crippen LogP contribution in [0.1, 0.15) is 37.5 Å². The number of hydrogen-bond acceptors (Lipinski definition) is 4. The largest absolute Gasteiger partial charge is 0.312 e. The van der Waals surface area contributed by atoms with Gasteiger partial charge in [0, 0.05) is 22.8 Å². The molecule has 18 heavy (non-hydrogen) atoms. The summed E-state index contributed by atoms with van der Waals surface area (Å²) in [6.07, 6.45) is 4.14. The average Bonchev–Trinajstić information content (AvgIpc) is 2.74. The Morgan fingerprint density at radius 3 is 2.83 bits per heavy atom. The van der Waals surface area contributed by atoms with Crippen LogP contribution in [0.3, 0.4) is 0 Å². The first kappa shape index (κ1) is 14.0. The molecule has 1 heterocycles. The van der Waals surface area contributed by atoms with Gasteiger partial charge in [0.2, 0.25) is 10.0 Å². The molecule has 6 heteroatoms. The van der Waals surface area contributed by atoms with Gasteiger partial charge in [-0.25, -0.2) is 13.1 Å². The van der Waals surface area contributed by atoms with E-state index in [1.807, 2.05) is 0 Å². The molecule has 0 atom stereocenters. The van der Waals surface area contributed by atoms with Gasteiger partial charge in [-0.05, 0) is 31.9 Å². The van der Waals surface area contributed by atoms with Crippen molar-refractivity contribution in [2.75, 3.05) is 6.54 Å². The molecule has 2 N–H and O–H groups in total. The highest BCUT2D eigenvalue weighted by Crippen LogP contribution is 2.23. The summed E-state index contributed by atoms with van der Waals surface area (Å²) in [7, 11) is -3.30. The smallest absolute Gasteiger partial charge is 0.241 e. The van der Waals surface area contributed by atoms with E-state index in [0.29, 0.717) is 4.90 Å². The predicted molar refractivity (Wildman–Crippen MR) is 74.3 cm³/mol. The molecule has 1 aromatic heterocycles. The third-order valence-electron chi connectivity index (χ3n) is 3.09. The Morgan fingerprint density at radius 1 is 1.44 bits per heavy atom. The Balaban J connectivity index is 1.95. The molecule has 102 valence electrons. The topological polar surface area (TPSA) is 58.2 Å². The first-order valence-electron chi connectivity index (χ1n) is 6.42. The van der Waals surface area contributed by atoms with E-state index in [9.17, 15) is 8.42 Å². The Labute approximate surface area is 113 Å². The van der Waals surface area contributed by atoms with Crippen LogP contribution in [0.5, 0.6) is 0 Å². The van der Waals surface area contributed by atoms with Gasteiger partial charge in [0.15, 0.2) is 0 Å². The average molecular weight is 288 g/mol. The third kappa shape index (κ3) is 3.54. The van der Waals surface area contributed by atoms with Gasteiger partial charge in [0.05, 0.1) is 4.90 Å². The first-order valence-corrected chi connectivity index (χ1v) is 8.78. The first-order chi connectivity index (χ1) is 8.62. The van der Waals surface area contributed by atoms with Crippen molar-refractivity contribution in [2.24, 2.45) is 0 Å². The minimum atomic E-state index is -3.30. The zero-order chi connectivity index (χ0) is 13.0. The molecule has 4 nitrogen and oxygen atoms in total. The van der Waals surface area contributed by atoms with Gasteiger partial charge in [-0.2, -0.15) is 0 Å². The van der Waals surface area contributed by atoms with E-state index in [-0.39, 0.29) is 6.04 Å². The van der Waals surface area contributed by atoms with Gasteiger partial charge in [-0.3, -0.25) is 0 Å². The van der Waals surface area contributed by atoms with Gasteiger partial charge in [-0.1, -0.05) is 13.3 Å². The molecule has 0 aromatic carbocycles. The van der Waals surface area contributed by atoms with Crippen molar-refractivity contribution in [3.8, 4) is 0 Å². The number of nitrogens with one attached hydrogen (secondary N) is 2.